The Bertz CT molecular complexity index is 568. The number of hydrogen-bond donors (Lipinski definition) is 1. The Labute approximate surface area is 105 Å². The van der Waals surface area contributed by atoms with Gasteiger partial charge in [-0.3, -0.25) is 9.59 Å². The Hall–Kier alpha value is -1.88. The Balaban J connectivity index is 2.15. The van der Waals surface area contributed by atoms with Crippen LogP contribution >= 0.6 is 0 Å². The van der Waals surface area contributed by atoms with Gasteiger partial charge in [-0.25, -0.2) is 0 Å². The molecule has 0 bridgehead atoms. The van der Waals surface area contributed by atoms with Crippen LogP contribution in [-0.2, 0) is 4.79 Å². The lowest BCUT2D eigenvalue weighted by Gasteiger charge is -2.31. The van der Waals surface area contributed by atoms with E-state index in [0.29, 0.717) is 29.2 Å². The van der Waals surface area contributed by atoms with Crippen LogP contribution in [0.4, 0.5) is 0 Å². The van der Waals surface area contributed by atoms with Crippen molar-refractivity contribution in [3.63, 3.8) is 0 Å². The standard InChI is InChI=1S/C13H17N3O2/c1-9-10(2)14-8-11(9)12(17)13(18)16-6-4-15(3)5-7-16/h8,14H,1-2,4-7H2,3H3. The molecule has 5 nitrogen and oxygen atoms in total. The Morgan fingerprint density at radius 1 is 1.22 bits per heavy atom. The summed E-state index contributed by atoms with van der Waals surface area (Å²) < 4.78 is 0. The minimum Gasteiger partial charge on any atom is -0.361 e. The molecule has 0 atom stereocenters. The summed E-state index contributed by atoms with van der Waals surface area (Å²) in [6.45, 7) is 10.2. The molecule has 1 saturated heterocycles. The van der Waals surface area contributed by atoms with Crippen LogP contribution in [0.5, 0.6) is 0 Å². The molecular formula is C13H17N3O2. The molecule has 0 saturated carbocycles. The van der Waals surface area contributed by atoms with Gasteiger partial charge in [0.1, 0.15) is 0 Å². The summed E-state index contributed by atoms with van der Waals surface area (Å²) in [6, 6.07) is 0. The van der Waals surface area contributed by atoms with Gasteiger partial charge in [-0.05, 0) is 7.05 Å². The van der Waals surface area contributed by atoms with Gasteiger partial charge in [0, 0.05) is 42.9 Å². The number of piperazine rings is 1. The molecule has 0 radical (unpaired) electrons. The Kier molecular flexibility index (Phi) is 3.34. The van der Waals surface area contributed by atoms with Gasteiger partial charge in [0.25, 0.3) is 11.7 Å². The van der Waals surface area contributed by atoms with Crippen molar-refractivity contribution in [3.05, 3.63) is 22.3 Å². The van der Waals surface area contributed by atoms with Gasteiger partial charge in [-0.15, -0.1) is 0 Å². The zero-order valence-corrected chi connectivity index (χ0v) is 10.5. The lowest BCUT2D eigenvalue weighted by atomic mass is 10.1. The van der Waals surface area contributed by atoms with Crippen LogP contribution in [0.25, 0.3) is 13.2 Å². The van der Waals surface area contributed by atoms with Gasteiger partial charge in [-0.2, -0.15) is 0 Å². The minimum atomic E-state index is -0.504. The van der Waals surface area contributed by atoms with Crippen molar-refractivity contribution in [2.24, 2.45) is 0 Å². The van der Waals surface area contributed by atoms with Crippen molar-refractivity contribution in [2.75, 3.05) is 33.2 Å². The van der Waals surface area contributed by atoms with Crippen molar-refractivity contribution in [1.29, 1.82) is 0 Å². The molecule has 1 aromatic heterocycles. The molecule has 0 unspecified atom stereocenters. The van der Waals surface area contributed by atoms with Crippen molar-refractivity contribution in [3.8, 4) is 0 Å². The fourth-order valence-corrected chi connectivity index (χ4v) is 1.97. The van der Waals surface area contributed by atoms with Crippen LogP contribution < -0.4 is 10.6 Å². The SMILES string of the molecule is C=c1[nH]cc(C(=O)C(=O)N2CCN(C)CC2)c1=C. The number of carbonyl (C=O) groups excluding carboxylic acids is 2. The second-order valence-corrected chi connectivity index (χ2v) is 4.58. The summed E-state index contributed by atoms with van der Waals surface area (Å²) in [5.41, 5.74) is 0.323. The van der Waals surface area contributed by atoms with E-state index in [4.69, 9.17) is 0 Å². The van der Waals surface area contributed by atoms with Gasteiger partial charge >= 0.3 is 0 Å². The number of nitrogens with one attached hydrogen (secondary N) is 1. The van der Waals surface area contributed by atoms with Gasteiger partial charge in [0.2, 0.25) is 0 Å². The minimum absolute atomic E-state index is 0.323. The molecule has 0 spiro atoms. The highest BCUT2D eigenvalue weighted by atomic mass is 16.2. The topological polar surface area (TPSA) is 56.4 Å². The van der Waals surface area contributed by atoms with E-state index in [1.54, 1.807) is 4.90 Å². The van der Waals surface area contributed by atoms with Crippen molar-refractivity contribution in [1.82, 2.24) is 14.8 Å². The van der Waals surface area contributed by atoms with E-state index < -0.39 is 11.7 Å². The fourth-order valence-electron chi connectivity index (χ4n) is 1.97. The monoisotopic (exact) mass is 247 g/mol. The summed E-state index contributed by atoms with van der Waals surface area (Å²) in [4.78, 5) is 30.7. The molecule has 1 N–H and O–H groups in total. The fraction of sp³-hybridized carbons (Fsp3) is 0.385. The number of hydrogen-bond acceptors (Lipinski definition) is 3. The first-order valence-corrected chi connectivity index (χ1v) is 5.88. The third kappa shape index (κ3) is 2.22. The zero-order valence-electron chi connectivity index (χ0n) is 10.5. The van der Waals surface area contributed by atoms with Gasteiger partial charge in [-0.1, -0.05) is 13.2 Å². The number of aromatic amines is 1. The van der Waals surface area contributed by atoms with Crippen LogP contribution in [0, 0.1) is 0 Å². The average molecular weight is 247 g/mol. The number of likely N-dealkylation sites (N-methyl/N-ethyl adjacent to an activating group) is 1. The van der Waals surface area contributed by atoms with E-state index in [1.165, 1.54) is 6.20 Å². The highest BCUT2D eigenvalue weighted by Gasteiger charge is 2.26. The van der Waals surface area contributed by atoms with E-state index in [2.05, 4.69) is 23.0 Å². The maximum Gasteiger partial charge on any atom is 0.295 e. The van der Waals surface area contributed by atoms with E-state index in [-0.39, 0.29) is 0 Å². The van der Waals surface area contributed by atoms with E-state index in [0.717, 1.165) is 13.1 Å². The summed E-state index contributed by atoms with van der Waals surface area (Å²) >= 11 is 0. The number of rotatable bonds is 2. The van der Waals surface area contributed by atoms with E-state index in [9.17, 15) is 9.59 Å². The van der Waals surface area contributed by atoms with Crippen LogP contribution in [0.1, 0.15) is 10.4 Å². The molecule has 0 aromatic carbocycles. The normalized spacial score (nSPS) is 16.8. The van der Waals surface area contributed by atoms with Gasteiger partial charge in [0.05, 0.1) is 5.56 Å². The van der Waals surface area contributed by atoms with Crippen molar-refractivity contribution < 1.29 is 9.59 Å². The third-order valence-corrected chi connectivity index (χ3v) is 3.31. The highest BCUT2D eigenvalue weighted by Crippen LogP contribution is 2.02. The third-order valence-electron chi connectivity index (χ3n) is 3.31. The molecule has 96 valence electrons. The Morgan fingerprint density at radius 3 is 2.33 bits per heavy atom. The number of Topliss-reactive ketones (excluding diaryl/α,β-unsaturated/α-hetero) is 1. The molecule has 1 aromatic rings. The summed E-state index contributed by atoms with van der Waals surface area (Å²) in [5.74, 6) is -0.956. The van der Waals surface area contributed by atoms with Crippen LogP contribution in [0.15, 0.2) is 6.20 Å². The predicted molar refractivity (Wildman–Crippen MR) is 69.5 cm³/mol. The second-order valence-electron chi connectivity index (χ2n) is 4.58. The van der Waals surface area contributed by atoms with Gasteiger partial charge < -0.3 is 14.8 Å². The van der Waals surface area contributed by atoms with E-state index >= 15 is 0 Å². The molecule has 1 fully saturated rings. The lowest BCUT2D eigenvalue weighted by Crippen LogP contribution is -2.49. The molecule has 1 aliphatic rings. The van der Waals surface area contributed by atoms with Gasteiger partial charge in [0.15, 0.2) is 0 Å². The van der Waals surface area contributed by atoms with Crippen LogP contribution in [0.2, 0.25) is 0 Å². The quantitative estimate of drug-likeness (QED) is 0.527. The molecule has 1 amide bonds. The molecule has 5 heteroatoms. The maximum absolute atomic E-state index is 12.1. The molecule has 18 heavy (non-hydrogen) atoms. The number of carbonyl (C=O) groups is 2. The first kappa shape index (κ1) is 12.6. The molecular weight excluding hydrogens is 230 g/mol. The number of aromatic nitrogens is 1. The molecule has 2 rings (SSSR count). The first-order chi connectivity index (χ1) is 8.50. The summed E-state index contributed by atoms with van der Waals surface area (Å²) in [6.07, 6.45) is 1.50. The lowest BCUT2D eigenvalue weighted by molar-refractivity contribution is -0.127. The summed E-state index contributed by atoms with van der Waals surface area (Å²) in [5, 5.41) is 1.08. The first-order valence-electron chi connectivity index (χ1n) is 5.88. The largest absolute Gasteiger partial charge is 0.361 e. The van der Waals surface area contributed by atoms with Crippen molar-refractivity contribution in [2.45, 2.75) is 0 Å². The summed E-state index contributed by atoms with van der Waals surface area (Å²) in [7, 11) is 2.00. The highest BCUT2D eigenvalue weighted by molar-refractivity contribution is 6.42. The number of nitrogens with zero attached hydrogens (tertiary/aromatic N) is 2. The predicted octanol–water partition coefficient (Wildman–Crippen LogP) is -1.21. The van der Waals surface area contributed by atoms with E-state index in [1.807, 2.05) is 7.05 Å². The number of ketones is 1. The maximum atomic E-state index is 12.1. The second kappa shape index (κ2) is 4.78. The Morgan fingerprint density at radius 2 is 1.83 bits per heavy atom. The average Bonchev–Trinajstić information content (AvgIpc) is 2.69. The molecule has 1 aliphatic heterocycles. The molecule has 2 heterocycles. The van der Waals surface area contributed by atoms with Crippen LogP contribution in [0.3, 0.4) is 0 Å². The van der Waals surface area contributed by atoms with Crippen molar-refractivity contribution >= 4 is 24.8 Å². The zero-order chi connectivity index (χ0) is 13.3. The number of amides is 1. The van der Waals surface area contributed by atoms with Crippen LogP contribution in [-0.4, -0.2) is 59.7 Å². The smallest absolute Gasteiger partial charge is 0.295 e. The molecule has 0 aliphatic carbocycles. The number of H-pyrrole nitrogens is 1.